The molecular weight excluding hydrogens is 462 g/mol. The molecule has 0 saturated carbocycles. The molecule has 0 bridgehead atoms. The highest BCUT2D eigenvalue weighted by molar-refractivity contribution is 6.03. The Labute approximate surface area is 209 Å². The van der Waals surface area contributed by atoms with Crippen LogP contribution in [0.5, 0.6) is 28.7 Å². The van der Waals surface area contributed by atoms with Crippen LogP contribution in [-0.2, 0) is 0 Å². The molecule has 0 fully saturated rings. The third-order valence-corrected chi connectivity index (χ3v) is 4.88. The first-order chi connectivity index (χ1) is 17.6. The third kappa shape index (κ3) is 5.93. The highest BCUT2D eigenvalue weighted by Crippen LogP contribution is 2.41. The van der Waals surface area contributed by atoms with Gasteiger partial charge in [-0.05, 0) is 63.2 Å². The van der Waals surface area contributed by atoms with Gasteiger partial charge in [0.1, 0.15) is 11.5 Å². The highest BCUT2D eigenvalue weighted by atomic mass is 16.5. The van der Waals surface area contributed by atoms with Gasteiger partial charge in [-0.2, -0.15) is 0 Å². The molecule has 4 rings (SSSR count). The van der Waals surface area contributed by atoms with Crippen molar-refractivity contribution in [2.45, 2.75) is 20.8 Å². The molecule has 3 aromatic carbocycles. The zero-order valence-electron chi connectivity index (χ0n) is 20.3. The number of nitrogens with one attached hydrogen (secondary N) is 1. The van der Waals surface area contributed by atoms with Gasteiger partial charge in [-0.25, -0.2) is 0 Å². The normalized spacial score (nSPS) is 10.5. The van der Waals surface area contributed by atoms with Crippen molar-refractivity contribution in [2.24, 2.45) is 0 Å². The van der Waals surface area contributed by atoms with Crippen molar-refractivity contribution in [3.8, 4) is 40.2 Å². The molecule has 0 unspecified atom stereocenters. The minimum Gasteiger partial charge on any atom is -0.490 e. The van der Waals surface area contributed by atoms with E-state index >= 15 is 0 Å². The number of aromatic nitrogens is 2. The Morgan fingerprint density at radius 3 is 2.14 bits per heavy atom. The Hall–Kier alpha value is -4.53. The lowest BCUT2D eigenvalue weighted by atomic mass is 10.2. The maximum Gasteiger partial charge on any atom is 0.322 e. The van der Waals surface area contributed by atoms with Crippen molar-refractivity contribution in [3.63, 3.8) is 0 Å². The number of rotatable bonds is 11. The maximum absolute atomic E-state index is 12.8. The summed E-state index contributed by atoms with van der Waals surface area (Å²) in [6, 6.07) is 19.5. The molecule has 1 amide bonds. The summed E-state index contributed by atoms with van der Waals surface area (Å²) < 4.78 is 28.7. The number of anilines is 1. The standard InChI is InChI=1S/C27H27N3O6/c1-4-32-22-16-19(17-23(33-5-2)24(22)34-6-3)26-29-30-27(36-26)28-25(31)18-11-10-14-21(15-18)35-20-12-8-7-9-13-20/h7-17H,4-6H2,1-3H3,(H,28,30,31). The highest BCUT2D eigenvalue weighted by Gasteiger charge is 2.20. The van der Waals surface area contributed by atoms with Crippen molar-refractivity contribution in [1.82, 2.24) is 10.2 Å². The Balaban J connectivity index is 1.53. The second kappa shape index (κ2) is 11.7. The van der Waals surface area contributed by atoms with Gasteiger partial charge in [0.15, 0.2) is 11.5 Å². The number of para-hydroxylation sites is 1. The van der Waals surface area contributed by atoms with E-state index in [2.05, 4.69) is 15.5 Å². The van der Waals surface area contributed by atoms with E-state index in [4.69, 9.17) is 23.4 Å². The van der Waals surface area contributed by atoms with Gasteiger partial charge in [-0.15, -0.1) is 5.10 Å². The molecule has 9 nitrogen and oxygen atoms in total. The number of benzene rings is 3. The number of nitrogens with zero attached hydrogens (tertiary/aromatic N) is 2. The van der Waals surface area contributed by atoms with Gasteiger partial charge in [0.25, 0.3) is 5.91 Å². The van der Waals surface area contributed by atoms with Crippen LogP contribution in [0.25, 0.3) is 11.5 Å². The molecule has 186 valence electrons. The molecular formula is C27H27N3O6. The zero-order valence-corrected chi connectivity index (χ0v) is 20.3. The van der Waals surface area contributed by atoms with Crippen LogP contribution in [0.2, 0.25) is 0 Å². The van der Waals surface area contributed by atoms with Crippen LogP contribution in [-0.4, -0.2) is 35.9 Å². The number of hydrogen-bond donors (Lipinski definition) is 1. The van der Waals surface area contributed by atoms with Crippen molar-refractivity contribution >= 4 is 11.9 Å². The number of carbonyl (C=O) groups is 1. The summed E-state index contributed by atoms with van der Waals surface area (Å²) in [7, 11) is 0. The minimum absolute atomic E-state index is 0.0471. The summed E-state index contributed by atoms with van der Waals surface area (Å²) in [4.78, 5) is 12.8. The van der Waals surface area contributed by atoms with Gasteiger partial charge in [0.05, 0.1) is 19.8 Å². The van der Waals surface area contributed by atoms with Crippen LogP contribution in [0.1, 0.15) is 31.1 Å². The van der Waals surface area contributed by atoms with E-state index in [-0.39, 0.29) is 11.9 Å². The summed E-state index contributed by atoms with van der Waals surface area (Å²) in [5.41, 5.74) is 0.943. The first-order valence-electron chi connectivity index (χ1n) is 11.7. The first-order valence-corrected chi connectivity index (χ1v) is 11.7. The monoisotopic (exact) mass is 489 g/mol. The molecule has 4 aromatic rings. The van der Waals surface area contributed by atoms with Crippen molar-refractivity contribution < 1.29 is 28.2 Å². The van der Waals surface area contributed by atoms with E-state index in [1.165, 1.54) is 0 Å². The quantitative estimate of drug-likeness (QED) is 0.274. The fourth-order valence-corrected chi connectivity index (χ4v) is 3.40. The Morgan fingerprint density at radius 2 is 1.47 bits per heavy atom. The second-order valence-corrected chi connectivity index (χ2v) is 7.41. The molecule has 9 heteroatoms. The SMILES string of the molecule is CCOc1cc(-c2nnc(NC(=O)c3cccc(Oc4ccccc4)c3)o2)cc(OCC)c1OCC. The van der Waals surface area contributed by atoms with Crippen LogP contribution in [0.3, 0.4) is 0 Å². The molecule has 0 spiro atoms. The summed E-state index contributed by atoms with van der Waals surface area (Å²) in [5.74, 6) is 2.48. The molecule has 1 aromatic heterocycles. The molecule has 1 N–H and O–H groups in total. The van der Waals surface area contributed by atoms with Crippen molar-refractivity contribution in [1.29, 1.82) is 0 Å². The molecule has 0 saturated heterocycles. The van der Waals surface area contributed by atoms with Gasteiger partial charge in [0.2, 0.25) is 11.6 Å². The molecule has 0 aliphatic heterocycles. The molecule has 0 radical (unpaired) electrons. The van der Waals surface area contributed by atoms with Crippen LogP contribution >= 0.6 is 0 Å². The summed E-state index contributed by atoms with van der Waals surface area (Å²) >= 11 is 0. The molecule has 0 aliphatic rings. The zero-order chi connectivity index (χ0) is 25.3. The number of ether oxygens (including phenoxy) is 4. The largest absolute Gasteiger partial charge is 0.490 e. The smallest absolute Gasteiger partial charge is 0.322 e. The first kappa shape index (κ1) is 24.6. The van der Waals surface area contributed by atoms with Crippen LogP contribution in [0, 0.1) is 0 Å². The Bertz CT molecular complexity index is 1280. The fourth-order valence-electron chi connectivity index (χ4n) is 3.40. The Morgan fingerprint density at radius 1 is 0.806 bits per heavy atom. The lowest BCUT2D eigenvalue weighted by Gasteiger charge is -2.16. The lowest BCUT2D eigenvalue weighted by Crippen LogP contribution is -2.12. The summed E-state index contributed by atoms with van der Waals surface area (Å²) in [6.07, 6.45) is 0. The number of amides is 1. The van der Waals surface area contributed by atoms with E-state index in [1.807, 2.05) is 51.1 Å². The van der Waals surface area contributed by atoms with E-state index < -0.39 is 5.91 Å². The lowest BCUT2D eigenvalue weighted by molar-refractivity contribution is 0.102. The average Bonchev–Trinajstić information content (AvgIpc) is 3.35. The van der Waals surface area contributed by atoms with Gasteiger partial charge in [-0.3, -0.25) is 10.1 Å². The van der Waals surface area contributed by atoms with E-state index in [9.17, 15) is 4.79 Å². The van der Waals surface area contributed by atoms with E-state index in [0.717, 1.165) is 0 Å². The number of carbonyl (C=O) groups excluding carboxylic acids is 1. The predicted molar refractivity (Wildman–Crippen MR) is 134 cm³/mol. The molecule has 1 heterocycles. The van der Waals surface area contributed by atoms with E-state index in [0.29, 0.717) is 59.7 Å². The summed E-state index contributed by atoms with van der Waals surface area (Å²) in [6.45, 7) is 6.97. The van der Waals surface area contributed by atoms with Crippen molar-refractivity contribution in [3.05, 3.63) is 72.3 Å². The van der Waals surface area contributed by atoms with Crippen LogP contribution in [0.15, 0.2) is 71.1 Å². The maximum atomic E-state index is 12.8. The Kier molecular flexibility index (Phi) is 8.02. The van der Waals surface area contributed by atoms with Gasteiger partial charge < -0.3 is 23.4 Å². The second-order valence-electron chi connectivity index (χ2n) is 7.41. The predicted octanol–water partition coefficient (Wildman–Crippen LogP) is 5.98. The van der Waals surface area contributed by atoms with E-state index in [1.54, 1.807) is 36.4 Å². The van der Waals surface area contributed by atoms with Gasteiger partial charge in [-0.1, -0.05) is 29.4 Å². The summed E-state index contributed by atoms with van der Waals surface area (Å²) in [5, 5.41) is 10.7. The minimum atomic E-state index is -0.416. The number of hydrogen-bond acceptors (Lipinski definition) is 8. The van der Waals surface area contributed by atoms with Crippen LogP contribution in [0.4, 0.5) is 6.01 Å². The third-order valence-electron chi connectivity index (χ3n) is 4.88. The van der Waals surface area contributed by atoms with Gasteiger partial charge in [0, 0.05) is 11.1 Å². The fraction of sp³-hybridized carbons (Fsp3) is 0.222. The van der Waals surface area contributed by atoms with Gasteiger partial charge >= 0.3 is 6.01 Å². The van der Waals surface area contributed by atoms with Crippen molar-refractivity contribution in [2.75, 3.05) is 25.1 Å². The topological polar surface area (TPSA) is 105 Å². The van der Waals surface area contributed by atoms with Crippen LogP contribution < -0.4 is 24.3 Å². The molecule has 36 heavy (non-hydrogen) atoms. The molecule has 0 aliphatic carbocycles. The molecule has 0 atom stereocenters. The average molecular weight is 490 g/mol.